The van der Waals surface area contributed by atoms with Crippen LogP contribution in [0.5, 0.6) is 0 Å². The van der Waals surface area contributed by atoms with Crippen molar-refractivity contribution < 1.29 is 9.53 Å². The van der Waals surface area contributed by atoms with Crippen molar-refractivity contribution >= 4 is 5.91 Å². The first-order valence-corrected chi connectivity index (χ1v) is 10.1. The van der Waals surface area contributed by atoms with E-state index < -0.39 is 0 Å². The molecule has 1 aliphatic heterocycles. The van der Waals surface area contributed by atoms with Gasteiger partial charge in [-0.2, -0.15) is 0 Å². The summed E-state index contributed by atoms with van der Waals surface area (Å²) in [7, 11) is 0. The van der Waals surface area contributed by atoms with Gasteiger partial charge in [-0.15, -0.1) is 0 Å². The zero-order valence-corrected chi connectivity index (χ0v) is 16.8. The molecule has 0 atom stereocenters. The summed E-state index contributed by atoms with van der Waals surface area (Å²) < 4.78 is 5.54. The Kier molecular flexibility index (Phi) is 6.33. The first-order chi connectivity index (χ1) is 13.0. The minimum absolute atomic E-state index is 0.186. The van der Waals surface area contributed by atoms with Crippen molar-refractivity contribution in [3.8, 4) is 11.1 Å². The van der Waals surface area contributed by atoms with Crippen LogP contribution in [0, 0.1) is 19.3 Å². The Morgan fingerprint density at radius 2 is 1.63 bits per heavy atom. The molecular weight excluding hydrogens is 334 g/mol. The van der Waals surface area contributed by atoms with E-state index >= 15 is 0 Å². The third kappa shape index (κ3) is 4.78. The van der Waals surface area contributed by atoms with Gasteiger partial charge in [-0.3, -0.25) is 4.79 Å². The highest BCUT2D eigenvalue weighted by atomic mass is 16.5. The number of hydrogen-bond acceptors (Lipinski definition) is 2. The van der Waals surface area contributed by atoms with Crippen LogP contribution in [0.4, 0.5) is 0 Å². The molecule has 0 unspecified atom stereocenters. The molecule has 3 heteroatoms. The lowest BCUT2D eigenvalue weighted by Gasteiger charge is -2.36. The molecule has 144 valence electrons. The standard InChI is InChI=1S/C24H31NO2/c1-4-11-25-23(26)24(9-12-27-13-10-24)17-20-5-7-21(8-6-20)22-15-18(2)14-19(3)16-22/h5-8,14-16H,4,9-13,17H2,1-3H3,(H,25,26). The third-order valence-electron chi connectivity index (χ3n) is 5.52. The molecule has 1 saturated heterocycles. The van der Waals surface area contributed by atoms with Crippen molar-refractivity contribution in [2.24, 2.45) is 5.41 Å². The minimum Gasteiger partial charge on any atom is -0.381 e. The number of carbonyl (C=O) groups is 1. The summed E-state index contributed by atoms with van der Waals surface area (Å²) in [5, 5.41) is 3.12. The predicted molar refractivity (Wildman–Crippen MR) is 111 cm³/mol. The largest absolute Gasteiger partial charge is 0.381 e. The maximum absolute atomic E-state index is 12.9. The van der Waals surface area contributed by atoms with Crippen LogP contribution in [-0.4, -0.2) is 25.7 Å². The Labute approximate surface area is 163 Å². The molecule has 3 nitrogen and oxygen atoms in total. The van der Waals surface area contributed by atoms with Crippen LogP contribution >= 0.6 is 0 Å². The SMILES string of the molecule is CCCNC(=O)C1(Cc2ccc(-c3cc(C)cc(C)c3)cc2)CCOCC1. The van der Waals surface area contributed by atoms with Crippen molar-refractivity contribution in [3.63, 3.8) is 0 Å². The van der Waals surface area contributed by atoms with Gasteiger partial charge in [-0.05, 0) is 56.2 Å². The number of benzene rings is 2. The van der Waals surface area contributed by atoms with E-state index in [1.54, 1.807) is 0 Å². The van der Waals surface area contributed by atoms with Crippen LogP contribution in [0.15, 0.2) is 42.5 Å². The maximum atomic E-state index is 12.9. The van der Waals surface area contributed by atoms with E-state index in [0.29, 0.717) is 13.2 Å². The number of nitrogens with one attached hydrogen (secondary N) is 1. The minimum atomic E-state index is -0.338. The van der Waals surface area contributed by atoms with Gasteiger partial charge in [-0.1, -0.05) is 60.5 Å². The Balaban J connectivity index is 1.79. The summed E-state index contributed by atoms with van der Waals surface area (Å²) in [6, 6.07) is 15.4. The van der Waals surface area contributed by atoms with Crippen LogP contribution in [0.2, 0.25) is 0 Å². The Bertz CT molecular complexity index is 753. The summed E-state index contributed by atoms with van der Waals surface area (Å²) in [5.74, 6) is 0.186. The fourth-order valence-corrected chi connectivity index (χ4v) is 4.02. The van der Waals surface area contributed by atoms with Gasteiger partial charge in [0.15, 0.2) is 0 Å². The van der Waals surface area contributed by atoms with Crippen molar-refractivity contribution in [3.05, 3.63) is 59.2 Å². The highest BCUT2D eigenvalue weighted by Crippen LogP contribution is 2.35. The molecule has 2 aromatic rings. The lowest BCUT2D eigenvalue weighted by Crippen LogP contribution is -2.46. The molecule has 1 heterocycles. The molecular formula is C24H31NO2. The molecule has 0 bridgehead atoms. The summed E-state index contributed by atoms with van der Waals surface area (Å²) in [6.45, 7) is 8.43. The first kappa shape index (κ1) is 19.6. The van der Waals surface area contributed by atoms with Crippen LogP contribution in [0.3, 0.4) is 0 Å². The van der Waals surface area contributed by atoms with Crippen molar-refractivity contribution in [1.82, 2.24) is 5.32 Å². The topological polar surface area (TPSA) is 38.3 Å². The molecule has 27 heavy (non-hydrogen) atoms. The molecule has 0 aromatic heterocycles. The highest BCUT2D eigenvalue weighted by Gasteiger charge is 2.39. The Morgan fingerprint density at radius 1 is 1.00 bits per heavy atom. The second-order valence-electron chi connectivity index (χ2n) is 7.90. The normalized spacial score (nSPS) is 16.1. The van der Waals surface area contributed by atoms with E-state index in [4.69, 9.17) is 4.74 Å². The van der Waals surface area contributed by atoms with E-state index in [2.05, 4.69) is 68.6 Å². The zero-order chi connectivity index (χ0) is 19.3. The summed E-state index contributed by atoms with van der Waals surface area (Å²) >= 11 is 0. The summed E-state index contributed by atoms with van der Waals surface area (Å²) in [4.78, 5) is 12.9. The smallest absolute Gasteiger partial charge is 0.226 e. The van der Waals surface area contributed by atoms with Gasteiger partial charge in [0.1, 0.15) is 0 Å². The quantitative estimate of drug-likeness (QED) is 0.796. The first-order valence-electron chi connectivity index (χ1n) is 10.1. The van der Waals surface area contributed by atoms with E-state index in [1.807, 2.05) is 0 Å². The van der Waals surface area contributed by atoms with Gasteiger partial charge < -0.3 is 10.1 Å². The number of ether oxygens (including phenoxy) is 1. The second-order valence-corrected chi connectivity index (χ2v) is 7.90. The molecule has 2 aromatic carbocycles. The Morgan fingerprint density at radius 3 is 2.22 bits per heavy atom. The maximum Gasteiger partial charge on any atom is 0.226 e. The van der Waals surface area contributed by atoms with Gasteiger partial charge >= 0.3 is 0 Å². The summed E-state index contributed by atoms with van der Waals surface area (Å²) in [5.41, 5.74) is 5.92. The molecule has 0 saturated carbocycles. The molecule has 1 aliphatic rings. The number of rotatable bonds is 6. The van der Waals surface area contributed by atoms with Crippen molar-refractivity contribution in [2.45, 2.75) is 46.5 Å². The lowest BCUT2D eigenvalue weighted by atomic mass is 9.74. The third-order valence-corrected chi connectivity index (χ3v) is 5.52. The van der Waals surface area contributed by atoms with Crippen LogP contribution in [0.1, 0.15) is 42.9 Å². The Hall–Kier alpha value is -2.13. The van der Waals surface area contributed by atoms with Gasteiger partial charge in [0.25, 0.3) is 0 Å². The van der Waals surface area contributed by atoms with Gasteiger partial charge in [-0.25, -0.2) is 0 Å². The van der Waals surface area contributed by atoms with Crippen molar-refractivity contribution in [1.29, 1.82) is 0 Å². The van der Waals surface area contributed by atoms with Gasteiger partial charge in [0.05, 0.1) is 5.41 Å². The van der Waals surface area contributed by atoms with Crippen molar-refractivity contribution in [2.75, 3.05) is 19.8 Å². The zero-order valence-electron chi connectivity index (χ0n) is 16.8. The van der Waals surface area contributed by atoms with E-state index in [9.17, 15) is 4.79 Å². The number of carbonyl (C=O) groups excluding carboxylic acids is 1. The molecule has 0 radical (unpaired) electrons. The van der Waals surface area contributed by atoms with Crippen LogP contribution in [-0.2, 0) is 16.0 Å². The fourth-order valence-electron chi connectivity index (χ4n) is 4.02. The van der Waals surface area contributed by atoms with E-state index in [-0.39, 0.29) is 11.3 Å². The summed E-state index contributed by atoms with van der Waals surface area (Å²) in [6.07, 6.45) is 3.32. The van der Waals surface area contributed by atoms with E-state index in [0.717, 1.165) is 32.2 Å². The molecule has 3 rings (SSSR count). The predicted octanol–water partition coefficient (Wildman–Crippen LogP) is 4.84. The van der Waals surface area contributed by atoms with Gasteiger partial charge in [0.2, 0.25) is 5.91 Å². The van der Waals surface area contributed by atoms with Gasteiger partial charge in [0, 0.05) is 19.8 Å². The highest BCUT2D eigenvalue weighted by molar-refractivity contribution is 5.83. The monoisotopic (exact) mass is 365 g/mol. The van der Waals surface area contributed by atoms with Crippen LogP contribution < -0.4 is 5.32 Å². The number of hydrogen-bond donors (Lipinski definition) is 1. The van der Waals surface area contributed by atoms with Crippen LogP contribution in [0.25, 0.3) is 11.1 Å². The molecule has 0 spiro atoms. The molecule has 0 aliphatic carbocycles. The average Bonchev–Trinajstić information content (AvgIpc) is 2.66. The number of aryl methyl sites for hydroxylation is 2. The molecule has 1 N–H and O–H groups in total. The number of amides is 1. The lowest BCUT2D eigenvalue weighted by molar-refractivity contribution is -0.136. The molecule has 1 amide bonds. The average molecular weight is 366 g/mol. The molecule has 1 fully saturated rings. The van der Waals surface area contributed by atoms with E-state index in [1.165, 1.54) is 27.8 Å². The fraction of sp³-hybridized carbons (Fsp3) is 0.458. The second kappa shape index (κ2) is 8.71.